The minimum atomic E-state index is -0.193. The second-order valence-electron chi connectivity index (χ2n) is 13.4. The van der Waals surface area contributed by atoms with Crippen LogP contribution in [0.1, 0.15) is 156 Å². The van der Waals surface area contributed by atoms with E-state index in [1.165, 1.54) is 64.2 Å². The van der Waals surface area contributed by atoms with Crippen LogP contribution in [0.5, 0.6) is 5.75 Å². The van der Waals surface area contributed by atoms with Crippen molar-refractivity contribution in [2.45, 2.75) is 162 Å². The predicted molar refractivity (Wildman–Crippen MR) is 175 cm³/mol. The molecule has 1 aromatic rings. The Hall–Kier alpha value is -1.69. The van der Waals surface area contributed by atoms with E-state index in [1.54, 1.807) is 0 Å². The highest BCUT2D eigenvalue weighted by atomic mass is 32.1. The fraction of sp³-hybridized carbons (Fsp3) is 0.758. The Kier molecular flexibility index (Phi) is 13.7. The molecule has 0 aliphatic carbocycles. The first-order chi connectivity index (χ1) is 18.4. The van der Waals surface area contributed by atoms with Gasteiger partial charge < -0.3 is 10.4 Å². The Morgan fingerprint density at radius 2 is 1.28 bits per heavy atom. The zero-order chi connectivity index (χ0) is 29.1. The smallest absolute Gasteiger partial charge is 0.216 e. The van der Waals surface area contributed by atoms with E-state index in [9.17, 15) is 5.11 Å². The van der Waals surface area contributed by atoms with Crippen LogP contribution in [0, 0.1) is 0 Å². The van der Waals surface area contributed by atoms with Gasteiger partial charge in [0.15, 0.2) is 0 Å². The van der Waals surface area contributed by atoms with Crippen LogP contribution in [0.3, 0.4) is 0 Å². The number of hydrogen-bond donors (Lipinski definition) is 3. The van der Waals surface area contributed by atoms with Crippen LogP contribution in [0.2, 0.25) is 0 Å². The number of phenolic OH excluding ortho intramolecular Hbond substituents is 1. The first kappa shape index (κ1) is 33.5. The van der Waals surface area contributed by atoms with Crippen LogP contribution in [-0.4, -0.2) is 27.4 Å². The molecule has 1 aliphatic rings. The van der Waals surface area contributed by atoms with Gasteiger partial charge in [0.05, 0.1) is 0 Å². The highest BCUT2D eigenvalue weighted by Gasteiger charge is 2.29. The zero-order valence-corrected chi connectivity index (χ0v) is 27.3. The van der Waals surface area contributed by atoms with Gasteiger partial charge in [-0.25, -0.2) is 4.99 Å². The van der Waals surface area contributed by atoms with Gasteiger partial charge >= 0.3 is 0 Å². The minimum Gasteiger partial charge on any atom is -0.507 e. The second-order valence-corrected chi connectivity index (χ2v) is 13.9. The van der Waals surface area contributed by atoms with Gasteiger partial charge in [-0.2, -0.15) is 4.99 Å². The molecule has 39 heavy (non-hydrogen) atoms. The number of amidine groups is 1. The molecule has 2 rings (SSSR count). The number of unbranched alkanes of at least 4 members (excludes halogenated alkanes) is 10. The van der Waals surface area contributed by atoms with Crippen LogP contribution in [0.15, 0.2) is 22.1 Å². The SMILES string of the molecule is CCCCCCCCC1=NC(CCCCCCCC)N(S)C(Nc2cc(C(C)(C)C)c(O)c(C(C)(C)C)c2)=N1. The standard InChI is InChI=1S/C33H58N4OS/c1-9-11-13-15-17-19-21-28-35-29(22-20-18-16-14-12-10-2)37(39)31(36-28)34-25-23-26(32(3,4)5)30(38)27(24-25)33(6,7)8/h23-24,29,38-39H,9-22H2,1-8H3,(H,34,35,36). The Morgan fingerprint density at radius 3 is 1.79 bits per heavy atom. The van der Waals surface area contributed by atoms with Crippen molar-refractivity contribution in [2.24, 2.45) is 9.98 Å². The van der Waals surface area contributed by atoms with Crippen molar-refractivity contribution in [1.29, 1.82) is 0 Å². The molecule has 1 atom stereocenters. The summed E-state index contributed by atoms with van der Waals surface area (Å²) >= 11 is 4.90. The molecule has 1 unspecified atom stereocenters. The summed E-state index contributed by atoms with van der Waals surface area (Å²) in [5, 5.41) is 14.8. The molecule has 2 N–H and O–H groups in total. The molecule has 1 aromatic carbocycles. The van der Waals surface area contributed by atoms with Crippen molar-refractivity contribution in [3.63, 3.8) is 0 Å². The molecular formula is C33H58N4OS. The number of nitrogens with one attached hydrogen (secondary N) is 1. The number of aliphatic imine (C=N–C) groups is 2. The second kappa shape index (κ2) is 15.9. The van der Waals surface area contributed by atoms with Gasteiger partial charge in [-0.1, -0.05) is 132 Å². The van der Waals surface area contributed by atoms with Crippen LogP contribution in [0.4, 0.5) is 5.69 Å². The molecule has 0 fully saturated rings. The Bertz CT molecular complexity index is 907. The molecular weight excluding hydrogens is 500 g/mol. The maximum absolute atomic E-state index is 11.2. The number of benzene rings is 1. The molecule has 0 saturated carbocycles. The first-order valence-corrected chi connectivity index (χ1v) is 16.1. The van der Waals surface area contributed by atoms with E-state index >= 15 is 0 Å². The largest absolute Gasteiger partial charge is 0.507 e. The van der Waals surface area contributed by atoms with E-state index in [2.05, 4.69) is 72.8 Å². The van der Waals surface area contributed by atoms with E-state index in [0.29, 0.717) is 5.75 Å². The van der Waals surface area contributed by atoms with Gasteiger partial charge in [0.25, 0.3) is 0 Å². The molecule has 0 saturated heterocycles. The van der Waals surface area contributed by atoms with Crippen LogP contribution in [-0.2, 0) is 10.8 Å². The monoisotopic (exact) mass is 558 g/mol. The third-order valence-electron chi connectivity index (χ3n) is 7.58. The number of anilines is 1. The molecule has 0 bridgehead atoms. The summed E-state index contributed by atoms with van der Waals surface area (Å²) in [6.07, 6.45) is 17.0. The van der Waals surface area contributed by atoms with Gasteiger partial charge in [0.2, 0.25) is 5.96 Å². The predicted octanol–water partition coefficient (Wildman–Crippen LogP) is 10.1. The number of guanidine groups is 1. The fourth-order valence-electron chi connectivity index (χ4n) is 5.11. The van der Waals surface area contributed by atoms with Crippen LogP contribution in [0.25, 0.3) is 0 Å². The number of rotatable bonds is 15. The number of aromatic hydroxyl groups is 1. The minimum absolute atomic E-state index is 0.0177. The van der Waals surface area contributed by atoms with Gasteiger partial charge in [0, 0.05) is 23.2 Å². The van der Waals surface area contributed by atoms with Crippen molar-refractivity contribution in [1.82, 2.24) is 4.31 Å². The van der Waals surface area contributed by atoms with E-state index in [1.807, 2.05) is 4.31 Å². The van der Waals surface area contributed by atoms with Gasteiger partial charge in [0.1, 0.15) is 17.8 Å². The van der Waals surface area contributed by atoms with Crippen LogP contribution >= 0.6 is 12.8 Å². The number of hydrogen-bond acceptors (Lipinski definition) is 6. The van der Waals surface area contributed by atoms with Crippen molar-refractivity contribution in [2.75, 3.05) is 5.32 Å². The maximum Gasteiger partial charge on any atom is 0.216 e. The molecule has 5 nitrogen and oxygen atoms in total. The normalized spacial score (nSPS) is 16.3. The summed E-state index contributed by atoms with van der Waals surface area (Å²) in [5.74, 6) is 2.05. The average Bonchev–Trinajstić information content (AvgIpc) is 2.85. The maximum atomic E-state index is 11.2. The molecule has 1 aliphatic heterocycles. The van der Waals surface area contributed by atoms with E-state index in [4.69, 9.17) is 22.8 Å². The van der Waals surface area contributed by atoms with Gasteiger partial charge in [-0.15, -0.1) is 0 Å². The lowest BCUT2D eigenvalue weighted by atomic mass is 9.79. The molecule has 0 spiro atoms. The molecule has 0 aromatic heterocycles. The topological polar surface area (TPSA) is 60.2 Å². The van der Waals surface area contributed by atoms with Gasteiger partial charge in [-0.05, 0) is 42.2 Å². The Labute approximate surface area is 245 Å². The molecule has 0 amide bonds. The lowest BCUT2D eigenvalue weighted by Gasteiger charge is -2.32. The fourth-order valence-corrected chi connectivity index (χ4v) is 5.37. The zero-order valence-electron chi connectivity index (χ0n) is 26.4. The summed E-state index contributed by atoms with van der Waals surface area (Å²) in [6, 6.07) is 4.13. The van der Waals surface area contributed by atoms with E-state index in [0.717, 1.165) is 54.3 Å². The first-order valence-electron chi connectivity index (χ1n) is 15.7. The van der Waals surface area contributed by atoms with E-state index < -0.39 is 0 Å². The third kappa shape index (κ3) is 11.0. The number of phenols is 1. The van der Waals surface area contributed by atoms with Crippen molar-refractivity contribution in [3.8, 4) is 5.75 Å². The summed E-state index contributed by atoms with van der Waals surface area (Å²) in [7, 11) is 0. The summed E-state index contributed by atoms with van der Waals surface area (Å²) in [6.45, 7) is 17.4. The molecule has 0 radical (unpaired) electrons. The third-order valence-corrected chi connectivity index (χ3v) is 8.04. The van der Waals surface area contributed by atoms with Crippen molar-refractivity contribution < 1.29 is 5.11 Å². The van der Waals surface area contributed by atoms with Crippen molar-refractivity contribution in [3.05, 3.63) is 23.3 Å². The Balaban J connectivity index is 2.26. The Morgan fingerprint density at radius 1 is 0.795 bits per heavy atom. The van der Waals surface area contributed by atoms with Crippen LogP contribution < -0.4 is 5.32 Å². The lowest BCUT2D eigenvalue weighted by Crippen LogP contribution is -2.40. The molecule has 1 heterocycles. The summed E-state index contributed by atoms with van der Waals surface area (Å²) in [4.78, 5) is 10.0. The highest BCUT2D eigenvalue weighted by molar-refractivity contribution is 7.78. The quantitative estimate of drug-likeness (QED) is 0.114. The lowest BCUT2D eigenvalue weighted by molar-refractivity contribution is 0.423. The number of nitrogens with zero attached hydrogens (tertiary/aromatic N) is 3. The van der Waals surface area contributed by atoms with Crippen molar-refractivity contribution >= 4 is 30.3 Å². The average molecular weight is 559 g/mol. The number of thiol groups is 1. The van der Waals surface area contributed by atoms with E-state index in [-0.39, 0.29) is 17.0 Å². The highest BCUT2D eigenvalue weighted by Crippen LogP contribution is 2.41. The molecule has 222 valence electrons. The molecule has 6 heteroatoms. The van der Waals surface area contributed by atoms with Gasteiger partial charge in [-0.3, -0.25) is 4.31 Å². The summed E-state index contributed by atoms with van der Waals surface area (Å²) < 4.78 is 1.91. The summed E-state index contributed by atoms with van der Waals surface area (Å²) in [5.41, 5.74) is 2.41.